The number of carboxylic acid groups (broad SMARTS) is 1. The molecule has 0 radical (unpaired) electrons. The topological polar surface area (TPSA) is 63.6 Å². The molecule has 30 heavy (non-hydrogen) atoms. The van der Waals surface area contributed by atoms with E-state index in [1.807, 2.05) is 0 Å². The predicted octanol–water partition coefficient (Wildman–Crippen LogP) is 8.22. The van der Waals surface area contributed by atoms with Crippen molar-refractivity contribution >= 4 is 11.9 Å². The quantitative estimate of drug-likeness (QED) is 0.125. The molecule has 0 saturated carbocycles. The van der Waals surface area contributed by atoms with Crippen LogP contribution >= 0.6 is 0 Å². The Kier molecular flexibility index (Phi) is 23.4. The Morgan fingerprint density at radius 3 is 1.33 bits per heavy atom. The van der Waals surface area contributed by atoms with E-state index in [1.165, 1.54) is 96.3 Å². The summed E-state index contributed by atoms with van der Waals surface area (Å²) in [6, 6.07) is 0. The Morgan fingerprint density at radius 1 is 0.533 bits per heavy atom. The van der Waals surface area contributed by atoms with Crippen molar-refractivity contribution < 1.29 is 19.4 Å². The molecule has 0 aliphatic heterocycles. The van der Waals surface area contributed by atoms with E-state index >= 15 is 0 Å². The minimum atomic E-state index is -0.668. The minimum absolute atomic E-state index is 0.00856. The van der Waals surface area contributed by atoms with Gasteiger partial charge in [-0.15, -0.1) is 0 Å². The standard InChI is InChI=1S/C26H50O4/c1-2-3-4-18-21-24-30-26(29)23-20-17-15-13-11-9-7-5-6-8-10-12-14-16-19-22-25(27)28/h2-24H2,1H3,(H,27,28). The number of hydrogen-bond acceptors (Lipinski definition) is 3. The summed E-state index contributed by atoms with van der Waals surface area (Å²) in [5, 5.41) is 8.58. The van der Waals surface area contributed by atoms with Crippen LogP contribution in [0, 0.1) is 0 Å². The summed E-state index contributed by atoms with van der Waals surface area (Å²) in [5.41, 5.74) is 0. The number of carboxylic acids is 1. The van der Waals surface area contributed by atoms with Crippen LogP contribution < -0.4 is 0 Å². The van der Waals surface area contributed by atoms with E-state index in [0.717, 1.165) is 32.1 Å². The molecule has 0 unspecified atom stereocenters. The first-order chi connectivity index (χ1) is 14.7. The third kappa shape index (κ3) is 25.0. The Morgan fingerprint density at radius 2 is 0.900 bits per heavy atom. The van der Waals surface area contributed by atoms with Gasteiger partial charge in [-0.25, -0.2) is 0 Å². The molecule has 0 saturated heterocycles. The fraction of sp³-hybridized carbons (Fsp3) is 0.923. The number of carbonyl (C=O) groups excluding carboxylic acids is 1. The molecular formula is C26H50O4. The molecule has 178 valence electrons. The van der Waals surface area contributed by atoms with Gasteiger partial charge in [0.2, 0.25) is 0 Å². The SMILES string of the molecule is CCCCCCCOC(=O)CCCCCCCCCCCCCCCCCC(=O)O. The van der Waals surface area contributed by atoms with Gasteiger partial charge in [-0.05, 0) is 19.3 Å². The zero-order valence-corrected chi connectivity index (χ0v) is 19.9. The van der Waals surface area contributed by atoms with E-state index in [9.17, 15) is 9.59 Å². The van der Waals surface area contributed by atoms with Crippen molar-refractivity contribution in [1.82, 2.24) is 0 Å². The third-order valence-corrected chi connectivity index (χ3v) is 5.78. The van der Waals surface area contributed by atoms with Crippen molar-refractivity contribution in [2.45, 2.75) is 148 Å². The van der Waals surface area contributed by atoms with Crippen LogP contribution in [0.25, 0.3) is 0 Å². The lowest BCUT2D eigenvalue weighted by atomic mass is 10.0. The lowest BCUT2D eigenvalue weighted by molar-refractivity contribution is -0.144. The van der Waals surface area contributed by atoms with Crippen molar-refractivity contribution in [2.75, 3.05) is 6.61 Å². The van der Waals surface area contributed by atoms with E-state index in [4.69, 9.17) is 9.84 Å². The second-order valence-corrected chi connectivity index (χ2v) is 8.83. The largest absolute Gasteiger partial charge is 0.481 e. The molecule has 0 aromatic heterocycles. The monoisotopic (exact) mass is 426 g/mol. The number of carbonyl (C=O) groups is 2. The van der Waals surface area contributed by atoms with Crippen molar-refractivity contribution in [3.05, 3.63) is 0 Å². The van der Waals surface area contributed by atoms with E-state index < -0.39 is 5.97 Å². The molecule has 4 nitrogen and oxygen atoms in total. The first-order valence-corrected chi connectivity index (χ1v) is 13.0. The second kappa shape index (κ2) is 24.2. The summed E-state index contributed by atoms with van der Waals surface area (Å²) >= 11 is 0. The molecule has 0 aromatic rings. The first kappa shape index (κ1) is 28.9. The first-order valence-electron chi connectivity index (χ1n) is 13.0. The Bertz CT molecular complexity index is 381. The maximum Gasteiger partial charge on any atom is 0.305 e. The molecule has 0 spiro atoms. The van der Waals surface area contributed by atoms with Gasteiger partial charge in [0.25, 0.3) is 0 Å². The average molecular weight is 427 g/mol. The summed E-state index contributed by atoms with van der Waals surface area (Å²) in [6.45, 7) is 2.82. The van der Waals surface area contributed by atoms with Gasteiger partial charge in [-0.3, -0.25) is 9.59 Å². The van der Waals surface area contributed by atoms with E-state index in [1.54, 1.807) is 0 Å². The van der Waals surface area contributed by atoms with Gasteiger partial charge in [0.1, 0.15) is 0 Å². The van der Waals surface area contributed by atoms with Crippen molar-refractivity contribution in [3.8, 4) is 0 Å². The van der Waals surface area contributed by atoms with E-state index in [-0.39, 0.29) is 5.97 Å². The molecule has 0 fully saturated rings. The van der Waals surface area contributed by atoms with Crippen LogP contribution in [0.1, 0.15) is 148 Å². The number of esters is 1. The van der Waals surface area contributed by atoms with Gasteiger partial charge in [0.05, 0.1) is 6.61 Å². The zero-order valence-electron chi connectivity index (χ0n) is 19.9. The van der Waals surface area contributed by atoms with Gasteiger partial charge in [-0.1, -0.05) is 116 Å². The molecule has 0 rings (SSSR count). The molecule has 1 N–H and O–H groups in total. The van der Waals surface area contributed by atoms with Crippen LogP contribution in [0.15, 0.2) is 0 Å². The third-order valence-electron chi connectivity index (χ3n) is 5.78. The lowest BCUT2D eigenvalue weighted by Crippen LogP contribution is -2.05. The summed E-state index contributed by atoms with van der Waals surface area (Å²) in [4.78, 5) is 22.1. The molecule has 0 aliphatic carbocycles. The van der Waals surface area contributed by atoms with Gasteiger partial charge >= 0.3 is 11.9 Å². The average Bonchev–Trinajstić information content (AvgIpc) is 2.72. The number of ether oxygens (including phenoxy) is 1. The molecule has 0 bridgehead atoms. The highest BCUT2D eigenvalue weighted by Gasteiger charge is 2.02. The van der Waals surface area contributed by atoms with Crippen molar-refractivity contribution in [3.63, 3.8) is 0 Å². The lowest BCUT2D eigenvalue weighted by Gasteiger charge is -2.05. The highest BCUT2D eigenvalue weighted by Crippen LogP contribution is 2.14. The van der Waals surface area contributed by atoms with Crippen LogP contribution in [-0.4, -0.2) is 23.7 Å². The number of hydrogen-bond donors (Lipinski definition) is 1. The summed E-state index contributed by atoms with van der Waals surface area (Å²) in [5.74, 6) is -0.677. The summed E-state index contributed by atoms with van der Waals surface area (Å²) < 4.78 is 5.29. The van der Waals surface area contributed by atoms with Crippen LogP contribution in [-0.2, 0) is 14.3 Å². The summed E-state index contributed by atoms with van der Waals surface area (Å²) in [6.07, 6.45) is 25.2. The van der Waals surface area contributed by atoms with Gasteiger partial charge < -0.3 is 9.84 Å². The van der Waals surface area contributed by atoms with Crippen molar-refractivity contribution in [1.29, 1.82) is 0 Å². The van der Waals surface area contributed by atoms with Gasteiger partial charge in [0, 0.05) is 12.8 Å². The smallest absolute Gasteiger partial charge is 0.305 e. The van der Waals surface area contributed by atoms with Crippen LogP contribution in [0.2, 0.25) is 0 Å². The maximum atomic E-state index is 11.7. The molecule has 0 heterocycles. The predicted molar refractivity (Wildman–Crippen MR) is 126 cm³/mol. The number of aliphatic carboxylic acids is 1. The second-order valence-electron chi connectivity index (χ2n) is 8.83. The molecular weight excluding hydrogens is 376 g/mol. The van der Waals surface area contributed by atoms with E-state index in [2.05, 4.69) is 6.92 Å². The van der Waals surface area contributed by atoms with Gasteiger partial charge in [-0.2, -0.15) is 0 Å². The molecule has 0 aliphatic rings. The maximum absolute atomic E-state index is 11.7. The number of unbranched alkanes of at least 4 members (excludes halogenated alkanes) is 18. The molecule has 0 amide bonds. The highest BCUT2D eigenvalue weighted by atomic mass is 16.5. The Balaban J connectivity index is 3.12. The normalized spacial score (nSPS) is 11.0. The molecule has 0 aromatic carbocycles. The fourth-order valence-electron chi connectivity index (χ4n) is 3.81. The van der Waals surface area contributed by atoms with Crippen LogP contribution in [0.3, 0.4) is 0 Å². The molecule has 0 atom stereocenters. The summed E-state index contributed by atoms with van der Waals surface area (Å²) in [7, 11) is 0. The Labute approximate surface area is 186 Å². The Hall–Kier alpha value is -1.06. The van der Waals surface area contributed by atoms with Crippen molar-refractivity contribution in [2.24, 2.45) is 0 Å². The number of rotatable bonds is 24. The minimum Gasteiger partial charge on any atom is -0.481 e. The van der Waals surface area contributed by atoms with Crippen LogP contribution in [0.4, 0.5) is 0 Å². The van der Waals surface area contributed by atoms with Crippen LogP contribution in [0.5, 0.6) is 0 Å². The highest BCUT2D eigenvalue weighted by molar-refractivity contribution is 5.69. The zero-order chi connectivity index (χ0) is 22.1. The fourth-order valence-corrected chi connectivity index (χ4v) is 3.81. The molecule has 4 heteroatoms. The van der Waals surface area contributed by atoms with E-state index in [0.29, 0.717) is 19.4 Å². The van der Waals surface area contributed by atoms with Gasteiger partial charge in [0.15, 0.2) is 0 Å².